The largest absolute Gasteiger partial charge is 0.491 e. The minimum absolute atomic E-state index is 0.231. The van der Waals surface area contributed by atoms with E-state index in [1.807, 2.05) is 18.2 Å². The summed E-state index contributed by atoms with van der Waals surface area (Å²) in [4.78, 5) is 21.4. The van der Waals surface area contributed by atoms with Gasteiger partial charge in [0.05, 0.1) is 11.3 Å². The fourth-order valence-electron chi connectivity index (χ4n) is 1.25. The van der Waals surface area contributed by atoms with E-state index in [4.69, 9.17) is 4.74 Å². The van der Waals surface area contributed by atoms with Crippen molar-refractivity contribution >= 4 is 5.91 Å². The lowest BCUT2D eigenvalue weighted by molar-refractivity contribution is -0.131. The van der Waals surface area contributed by atoms with Crippen molar-refractivity contribution in [1.29, 1.82) is 0 Å². The molecule has 0 bridgehead atoms. The van der Waals surface area contributed by atoms with Gasteiger partial charge in [-0.25, -0.2) is 0 Å². The minimum Gasteiger partial charge on any atom is -0.491 e. The van der Waals surface area contributed by atoms with Crippen LogP contribution in [-0.4, -0.2) is 23.6 Å². The summed E-state index contributed by atoms with van der Waals surface area (Å²) >= 11 is 0. The van der Waals surface area contributed by atoms with Crippen LogP contribution in [0.3, 0.4) is 0 Å². The van der Waals surface area contributed by atoms with E-state index < -0.39 is 0 Å². The standard InChI is InChI=1S/C11H14N2O3/c1-9(13(12-15)10(2)14)8-16-11-6-4-3-5-7-11/h3-7,9H,8H2,1-2H3/t9-/m0/s1. The average Bonchev–Trinajstić information content (AvgIpc) is 2.28. The fraction of sp³-hybridized carbons (Fsp3) is 0.364. The Kier molecular flexibility index (Phi) is 4.44. The topological polar surface area (TPSA) is 59.0 Å². The van der Waals surface area contributed by atoms with Crippen molar-refractivity contribution in [3.05, 3.63) is 35.2 Å². The van der Waals surface area contributed by atoms with Crippen molar-refractivity contribution in [3.63, 3.8) is 0 Å². The van der Waals surface area contributed by atoms with E-state index in [9.17, 15) is 9.70 Å². The monoisotopic (exact) mass is 222 g/mol. The lowest BCUT2D eigenvalue weighted by Gasteiger charge is -2.19. The van der Waals surface area contributed by atoms with Gasteiger partial charge in [-0.15, -0.1) is 4.91 Å². The number of nitroso groups, excluding NO2 is 1. The molecule has 0 saturated carbocycles. The predicted molar refractivity (Wildman–Crippen MR) is 59.7 cm³/mol. The lowest BCUT2D eigenvalue weighted by Crippen LogP contribution is -2.36. The third-order valence-corrected chi connectivity index (χ3v) is 2.06. The highest BCUT2D eigenvalue weighted by atomic mass is 16.5. The molecule has 0 fully saturated rings. The molecule has 1 atom stereocenters. The molecule has 0 aliphatic rings. The number of hydrogen-bond acceptors (Lipinski definition) is 4. The van der Waals surface area contributed by atoms with Crippen molar-refractivity contribution < 1.29 is 9.53 Å². The number of nitrogens with zero attached hydrogens (tertiary/aromatic N) is 2. The third kappa shape index (κ3) is 3.34. The molecule has 0 aromatic heterocycles. The van der Waals surface area contributed by atoms with Crippen molar-refractivity contribution in [2.45, 2.75) is 19.9 Å². The van der Waals surface area contributed by atoms with Crippen molar-refractivity contribution in [1.82, 2.24) is 5.01 Å². The van der Waals surface area contributed by atoms with Gasteiger partial charge in [-0.05, 0) is 19.1 Å². The van der Waals surface area contributed by atoms with Crippen LogP contribution in [0, 0.1) is 4.91 Å². The maximum absolute atomic E-state index is 11.0. The van der Waals surface area contributed by atoms with Gasteiger partial charge in [0, 0.05) is 6.92 Å². The van der Waals surface area contributed by atoms with Gasteiger partial charge in [0.15, 0.2) is 0 Å². The van der Waals surface area contributed by atoms with Gasteiger partial charge in [-0.3, -0.25) is 4.79 Å². The zero-order chi connectivity index (χ0) is 12.0. The molecule has 1 aromatic rings. The first-order valence-electron chi connectivity index (χ1n) is 4.96. The van der Waals surface area contributed by atoms with E-state index in [1.54, 1.807) is 19.1 Å². The van der Waals surface area contributed by atoms with Crippen LogP contribution in [0.1, 0.15) is 13.8 Å². The number of para-hydroxylation sites is 1. The highest BCUT2D eigenvalue weighted by molar-refractivity contribution is 5.73. The Morgan fingerprint density at radius 1 is 1.44 bits per heavy atom. The highest BCUT2D eigenvalue weighted by Gasteiger charge is 2.17. The number of ether oxygens (including phenoxy) is 1. The Balaban J connectivity index is 2.49. The smallest absolute Gasteiger partial charge is 0.242 e. The van der Waals surface area contributed by atoms with Gasteiger partial charge in [0.1, 0.15) is 12.4 Å². The zero-order valence-electron chi connectivity index (χ0n) is 9.29. The van der Waals surface area contributed by atoms with Crippen LogP contribution in [0.4, 0.5) is 0 Å². The van der Waals surface area contributed by atoms with Gasteiger partial charge in [0.2, 0.25) is 5.91 Å². The Morgan fingerprint density at radius 2 is 2.06 bits per heavy atom. The molecule has 0 aliphatic carbocycles. The first kappa shape index (κ1) is 12.2. The van der Waals surface area contributed by atoms with Crippen LogP contribution in [0.2, 0.25) is 0 Å². The van der Waals surface area contributed by atoms with Crippen molar-refractivity contribution in [2.24, 2.45) is 5.29 Å². The van der Waals surface area contributed by atoms with Gasteiger partial charge >= 0.3 is 0 Å². The van der Waals surface area contributed by atoms with Gasteiger partial charge in [-0.1, -0.05) is 18.2 Å². The second-order valence-corrected chi connectivity index (χ2v) is 3.42. The molecule has 5 nitrogen and oxygen atoms in total. The quantitative estimate of drug-likeness (QED) is 0.565. The van der Waals surface area contributed by atoms with E-state index in [1.165, 1.54) is 6.92 Å². The summed E-state index contributed by atoms with van der Waals surface area (Å²) in [5, 5.41) is 3.52. The summed E-state index contributed by atoms with van der Waals surface area (Å²) < 4.78 is 5.41. The number of carbonyl (C=O) groups is 1. The Hall–Kier alpha value is -1.91. The van der Waals surface area contributed by atoms with E-state index in [-0.39, 0.29) is 18.6 Å². The first-order valence-corrected chi connectivity index (χ1v) is 4.96. The summed E-state index contributed by atoms with van der Waals surface area (Å²) in [7, 11) is 0. The summed E-state index contributed by atoms with van der Waals surface area (Å²) in [5.74, 6) is 0.308. The predicted octanol–water partition coefficient (Wildman–Crippen LogP) is 1.98. The average molecular weight is 222 g/mol. The Morgan fingerprint density at radius 3 is 2.56 bits per heavy atom. The Bertz CT molecular complexity index is 354. The SMILES string of the molecule is CC(=O)N(N=O)[C@@H](C)COc1ccccc1. The molecule has 1 aromatic carbocycles. The minimum atomic E-state index is -0.390. The number of hydrogen-bond donors (Lipinski definition) is 0. The Labute approximate surface area is 94.0 Å². The third-order valence-electron chi connectivity index (χ3n) is 2.06. The van der Waals surface area contributed by atoms with Crippen LogP contribution in [-0.2, 0) is 4.79 Å². The maximum atomic E-state index is 11.0. The fourth-order valence-corrected chi connectivity index (χ4v) is 1.25. The van der Waals surface area contributed by atoms with E-state index >= 15 is 0 Å². The molecule has 0 spiro atoms. The molecular weight excluding hydrogens is 208 g/mol. The second kappa shape index (κ2) is 5.85. The summed E-state index contributed by atoms with van der Waals surface area (Å²) in [6.07, 6.45) is 0. The summed E-state index contributed by atoms with van der Waals surface area (Å²) in [5.41, 5.74) is 0. The molecule has 0 N–H and O–H groups in total. The normalized spacial score (nSPS) is 11.6. The van der Waals surface area contributed by atoms with Crippen LogP contribution in [0.5, 0.6) is 5.75 Å². The second-order valence-electron chi connectivity index (χ2n) is 3.42. The number of rotatable bonds is 5. The van der Waals surface area contributed by atoms with Crippen molar-refractivity contribution in [2.75, 3.05) is 6.61 Å². The van der Waals surface area contributed by atoms with Gasteiger partial charge in [0.25, 0.3) is 0 Å². The van der Waals surface area contributed by atoms with Crippen LogP contribution in [0.15, 0.2) is 35.6 Å². The molecule has 0 heterocycles. The number of benzene rings is 1. The summed E-state index contributed by atoms with van der Waals surface area (Å²) in [6.45, 7) is 3.22. The summed E-state index contributed by atoms with van der Waals surface area (Å²) in [6, 6.07) is 8.81. The molecular formula is C11H14N2O3. The van der Waals surface area contributed by atoms with Gasteiger partial charge < -0.3 is 4.74 Å². The zero-order valence-corrected chi connectivity index (χ0v) is 9.29. The molecule has 86 valence electrons. The molecule has 1 rings (SSSR count). The molecule has 0 unspecified atom stereocenters. The van der Waals surface area contributed by atoms with Crippen LogP contribution in [0.25, 0.3) is 0 Å². The first-order chi connectivity index (χ1) is 7.65. The van der Waals surface area contributed by atoms with E-state index in [0.29, 0.717) is 5.75 Å². The molecule has 5 heteroatoms. The molecule has 16 heavy (non-hydrogen) atoms. The van der Waals surface area contributed by atoms with E-state index in [0.717, 1.165) is 5.01 Å². The molecule has 0 aliphatic heterocycles. The number of amides is 1. The molecule has 1 amide bonds. The molecule has 0 radical (unpaired) electrons. The molecule has 0 saturated heterocycles. The lowest BCUT2D eigenvalue weighted by atomic mass is 10.3. The van der Waals surface area contributed by atoms with Crippen LogP contribution < -0.4 is 4.74 Å². The highest BCUT2D eigenvalue weighted by Crippen LogP contribution is 2.10. The van der Waals surface area contributed by atoms with Crippen LogP contribution >= 0.6 is 0 Å². The van der Waals surface area contributed by atoms with E-state index in [2.05, 4.69) is 5.29 Å². The maximum Gasteiger partial charge on any atom is 0.242 e. The van der Waals surface area contributed by atoms with Gasteiger partial charge in [-0.2, -0.15) is 5.01 Å². The van der Waals surface area contributed by atoms with Crippen molar-refractivity contribution in [3.8, 4) is 5.75 Å². The number of carbonyl (C=O) groups excluding carboxylic acids is 1.